The van der Waals surface area contributed by atoms with Crippen LogP contribution in [0.1, 0.15) is 38.3 Å². The Balaban J connectivity index is 1.51. The average molecular weight is 459 g/mol. The van der Waals surface area contributed by atoms with Crippen molar-refractivity contribution in [1.82, 2.24) is 0 Å². The number of rotatable bonds is 9. The van der Waals surface area contributed by atoms with Crippen molar-refractivity contribution in [3.63, 3.8) is 0 Å². The molecule has 5 heteroatoms. The zero-order valence-corrected chi connectivity index (χ0v) is 20.0. The highest BCUT2D eigenvalue weighted by Crippen LogP contribution is 2.25. The molecule has 0 saturated heterocycles. The van der Waals surface area contributed by atoms with Crippen LogP contribution in [0.4, 0.5) is 0 Å². The van der Waals surface area contributed by atoms with E-state index in [0.717, 1.165) is 16.7 Å². The van der Waals surface area contributed by atoms with E-state index in [2.05, 4.69) is 0 Å². The highest BCUT2D eigenvalue weighted by molar-refractivity contribution is 5.88. The van der Waals surface area contributed by atoms with Crippen LogP contribution in [0.3, 0.4) is 0 Å². The Bertz CT molecular complexity index is 1120. The van der Waals surface area contributed by atoms with Crippen molar-refractivity contribution in [2.75, 3.05) is 6.79 Å². The highest BCUT2D eigenvalue weighted by atomic mass is 16.7. The third-order valence-corrected chi connectivity index (χ3v) is 5.60. The van der Waals surface area contributed by atoms with Gasteiger partial charge in [-0.05, 0) is 74.2 Å². The maximum Gasteiger partial charge on any atom is 0.336 e. The molecule has 3 aromatic rings. The van der Waals surface area contributed by atoms with Crippen LogP contribution in [0.15, 0.2) is 78.9 Å². The summed E-state index contributed by atoms with van der Waals surface area (Å²) in [7, 11) is 0. The molecule has 0 spiro atoms. The van der Waals surface area contributed by atoms with Crippen molar-refractivity contribution in [3.05, 3.63) is 90.0 Å². The fraction of sp³-hybridized carbons (Fsp3) is 0.241. The molecule has 0 N–H and O–H groups in total. The molecule has 0 aliphatic rings. The Kier molecular flexibility index (Phi) is 8.25. The molecule has 0 bridgehead atoms. The second-order valence-electron chi connectivity index (χ2n) is 8.65. The summed E-state index contributed by atoms with van der Waals surface area (Å²) in [5, 5.41) is 0. The van der Waals surface area contributed by atoms with Gasteiger partial charge in [-0.1, -0.05) is 61.0 Å². The number of benzene rings is 3. The molecule has 5 nitrogen and oxygen atoms in total. The van der Waals surface area contributed by atoms with Crippen molar-refractivity contribution in [2.45, 2.75) is 34.1 Å². The Morgan fingerprint density at radius 2 is 1.38 bits per heavy atom. The summed E-state index contributed by atoms with van der Waals surface area (Å²) >= 11 is 0. The van der Waals surface area contributed by atoms with Crippen molar-refractivity contribution in [1.29, 1.82) is 0 Å². The van der Waals surface area contributed by atoms with E-state index in [4.69, 9.17) is 14.2 Å². The molecule has 0 heterocycles. The van der Waals surface area contributed by atoms with Crippen LogP contribution in [-0.4, -0.2) is 18.7 Å². The molecule has 0 aliphatic carbocycles. The van der Waals surface area contributed by atoms with Gasteiger partial charge in [0.25, 0.3) is 0 Å². The van der Waals surface area contributed by atoms with Gasteiger partial charge in [0.15, 0.2) is 0 Å². The van der Waals surface area contributed by atoms with Gasteiger partial charge in [0, 0.05) is 6.08 Å². The van der Waals surface area contributed by atoms with E-state index >= 15 is 0 Å². The first-order valence-electron chi connectivity index (χ1n) is 11.2. The number of carbonyl (C=O) groups is 2. The van der Waals surface area contributed by atoms with Crippen LogP contribution in [0.2, 0.25) is 0 Å². The largest absolute Gasteiger partial charge is 0.457 e. The van der Waals surface area contributed by atoms with Gasteiger partial charge in [0.2, 0.25) is 6.79 Å². The summed E-state index contributed by atoms with van der Waals surface area (Å²) in [5.74, 6) is 0.367. The van der Waals surface area contributed by atoms with Gasteiger partial charge in [0.05, 0.1) is 5.41 Å². The molecule has 0 amide bonds. The minimum absolute atomic E-state index is 0.125. The van der Waals surface area contributed by atoms with Gasteiger partial charge >= 0.3 is 11.9 Å². The molecule has 34 heavy (non-hydrogen) atoms. The smallest absolute Gasteiger partial charge is 0.336 e. The molecule has 0 fully saturated rings. The summed E-state index contributed by atoms with van der Waals surface area (Å²) in [5.41, 5.74) is 3.53. The quantitative estimate of drug-likeness (QED) is 0.157. The number of hydrogen-bond donors (Lipinski definition) is 0. The number of carbonyl (C=O) groups excluding carboxylic acids is 2. The SMILES string of the molecule is CCC(C)(C)C(=O)OCOc1ccc(-c2ccc(OC(=O)C=Cc3ccc(C)cc3)cc2)cc1. The summed E-state index contributed by atoms with van der Waals surface area (Å²) in [4.78, 5) is 24.1. The van der Waals surface area contributed by atoms with Gasteiger partial charge < -0.3 is 14.2 Å². The van der Waals surface area contributed by atoms with E-state index in [9.17, 15) is 9.59 Å². The maximum atomic E-state index is 12.1. The molecule has 3 aromatic carbocycles. The van der Waals surface area contributed by atoms with Crippen LogP contribution in [-0.2, 0) is 14.3 Å². The minimum Gasteiger partial charge on any atom is -0.457 e. The molecular weight excluding hydrogens is 428 g/mol. The third-order valence-electron chi connectivity index (χ3n) is 5.60. The van der Waals surface area contributed by atoms with Crippen LogP contribution < -0.4 is 9.47 Å². The highest BCUT2D eigenvalue weighted by Gasteiger charge is 2.27. The molecule has 3 rings (SSSR count). The Morgan fingerprint density at radius 1 is 0.824 bits per heavy atom. The lowest BCUT2D eigenvalue weighted by Gasteiger charge is -2.20. The topological polar surface area (TPSA) is 61.8 Å². The normalized spacial score (nSPS) is 11.3. The predicted octanol–water partition coefficient (Wildman–Crippen LogP) is 6.60. The average Bonchev–Trinajstić information content (AvgIpc) is 2.84. The van der Waals surface area contributed by atoms with E-state index in [1.807, 2.05) is 88.4 Å². The fourth-order valence-electron chi connectivity index (χ4n) is 2.94. The minimum atomic E-state index is -0.523. The van der Waals surface area contributed by atoms with Crippen LogP contribution in [0.25, 0.3) is 17.2 Å². The first-order chi connectivity index (χ1) is 16.3. The zero-order valence-electron chi connectivity index (χ0n) is 20.0. The molecule has 176 valence electrons. The van der Waals surface area contributed by atoms with Crippen molar-refractivity contribution in [2.24, 2.45) is 5.41 Å². The second-order valence-corrected chi connectivity index (χ2v) is 8.65. The van der Waals surface area contributed by atoms with Gasteiger partial charge in [-0.15, -0.1) is 0 Å². The summed E-state index contributed by atoms with van der Waals surface area (Å²) in [6, 6.07) is 22.6. The van der Waals surface area contributed by atoms with E-state index in [1.54, 1.807) is 18.2 Å². The predicted molar refractivity (Wildman–Crippen MR) is 133 cm³/mol. The van der Waals surface area contributed by atoms with Gasteiger partial charge in [-0.3, -0.25) is 4.79 Å². The Morgan fingerprint density at radius 3 is 1.94 bits per heavy atom. The fourth-order valence-corrected chi connectivity index (χ4v) is 2.94. The monoisotopic (exact) mass is 458 g/mol. The lowest BCUT2D eigenvalue weighted by atomic mass is 9.91. The lowest BCUT2D eigenvalue weighted by molar-refractivity contribution is -0.160. The Hall–Kier alpha value is -3.86. The summed E-state index contributed by atoms with van der Waals surface area (Å²) in [6.45, 7) is 7.53. The maximum absolute atomic E-state index is 12.1. The van der Waals surface area contributed by atoms with Gasteiger partial charge in [0.1, 0.15) is 11.5 Å². The lowest BCUT2D eigenvalue weighted by Crippen LogP contribution is -2.27. The first kappa shape index (κ1) is 24.8. The van der Waals surface area contributed by atoms with Crippen LogP contribution >= 0.6 is 0 Å². The number of hydrogen-bond acceptors (Lipinski definition) is 5. The Labute approximate surface area is 201 Å². The van der Waals surface area contributed by atoms with E-state index < -0.39 is 11.4 Å². The van der Waals surface area contributed by atoms with E-state index in [1.165, 1.54) is 11.6 Å². The van der Waals surface area contributed by atoms with Crippen molar-refractivity contribution >= 4 is 18.0 Å². The summed E-state index contributed by atoms with van der Waals surface area (Å²) < 4.78 is 16.1. The van der Waals surface area contributed by atoms with Crippen LogP contribution in [0, 0.1) is 12.3 Å². The number of ether oxygens (including phenoxy) is 3. The molecule has 0 aliphatic heterocycles. The molecule has 0 atom stereocenters. The zero-order chi connectivity index (χ0) is 24.6. The number of aryl methyl sites for hydroxylation is 1. The molecule has 0 unspecified atom stereocenters. The molecule has 0 aromatic heterocycles. The first-order valence-corrected chi connectivity index (χ1v) is 11.2. The van der Waals surface area contributed by atoms with Crippen molar-refractivity contribution < 1.29 is 23.8 Å². The molecule has 0 radical (unpaired) electrons. The van der Waals surface area contributed by atoms with E-state index in [-0.39, 0.29) is 12.8 Å². The standard InChI is InChI=1S/C29H30O5/c1-5-29(3,4)28(31)33-20-32-25-15-11-23(12-16-25)24-13-17-26(18-14-24)34-27(30)19-10-22-8-6-21(2)7-9-22/h6-19H,5,20H2,1-4H3. The van der Waals surface area contributed by atoms with Gasteiger partial charge in [-0.2, -0.15) is 0 Å². The molecular formula is C29H30O5. The third kappa shape index (κ3) is 7.07. The van der Waals surface area contributed by atoms with E-state index in [0.29, 0.717) is 17.9 Å². The van der Waals surface area contributed by atoms with Crippen molar-refractivity contribution in [3.8, 4) is 22.6 Å². The second kappa shape index (κ2) is 11.3. The number of esters is 2. The van der Waals surface area contributed by atoms with Crippen LogP contribution in [0.5, 0.6) is 11.5 Å². The summed E-state index contributed by atoms with van der Waals surface area (Å²) in [6.07, 6.45) is 3.84. The molecule has 0 saturated carbocycles. The van der Waals surface area contributed by atoms with Gasteiger partial charge in [-0.25, -0.2) is 4.79 Å².